The molecule has 2 unspecified atom stereocenters. The van der Waals surface area contributed by atoms with Gasteiger partial charge in [0.1, 0.15) is 19.3 Å². The average Bonchev–Trinajstić information content (AvgIpc) is 3.23. The summed E-state index contributed by atoms with van der Waals surface area (Å²) in [5.74, 6) is -0.316. The Morgan fingerprint density at radius 3 is 1.23 bits per heavy atom. The number of ether oxygens (including phenoxy) is 2. The van der Waals surface area contributed by atoms with Gasteiger partial charge in [-0.15, -0.1) is 0 Å². The number of nitrogens with zero attached hydrogens (tertiary/aromatic N) is 1. The number of unbranched alkanes of at least 4 members (excludes halogenated alkanes) is 35. The molecule has 370 valence electrons. The SMILES string of the molecule is CCCCCCCC/C=C\CCCCCCCC(=O)OC(COCCCCCCCCCCCCCCCCCCCCCCCCCCC)COP(=O)(O)OCC[N+](C)(C)C. The predicted molar refractivity (Wildman–Crippen MR) is 266 cm³/mol. The van der Waals surface area contributed by atoms with Crippen LogP contribution in [0.3, 0.4) is 0 Å². The van der Waals surface area contributed by atoms with Crippen molar-refractivity contribution in [1.82, 2.24) is 0 Å². The van der Waals surface area contributed by atoms with Crippen molar-refractivity contribution in [2.75, 3.05) is 54.1 Å². The Kier molecular flexibility index (Phi) is 46.2. The third-order valence-corrected chi connectivity index (χ3v) is 13.1. The zero-order chi connectivity index (χ0) is 45.5. The first-order valence-electron chi connectivity index (χ1n) is 26.9. The van der Waals surface area contributed by atoms with Crippen LogP contribution in [-0.4, -0.2) is 75.6 Å². The Morgan fingerprint density at radius 2 is 0.839 bits per heavy atom. The molecule has 0 radical (unpaired) electrons. The fourth-order valence-corrected chi connectivity index (χ4v) is 8.65. The predicted octanol–water partition coefficient (Wildman–Crippen LogP) is 16.6. The zero-order valence-corrected chi connectivity index (χ0v) is 43.0. The smallest absolute Gasteiger partial charge is 0.457 e. The van der Waals surface area contributed by atoms with Crippen LogP contribution < -0.4 is 0 Å². The number of phosphoric acid groups is 1. The summed E-state index contributed by atoms with van der Waals surface area (Å²) in [7, 11) is 1.68. The number of allylic oxidation sites excluding steroid dienone is 2. The Morgan fingerprint density at radius 1 is 0.484 bits per heavy atom. The second-order valence-electron chi connectivity index (χ2n) is 19.6. The van der Waals surface area contributed by atoms with Gasteiger partial charge in [0.05, 0.1) is 34.4 Å². The molecule has 0 spiro atoms. The van der Waals surface area contributed by atoms with Gasteiger partial charge in [-0.3, -0.25) is 13.8 Å². The van der Waals surface area contributed by atoms with Crippen LogP contribution in [0.5, 0.6) is 0 Å². The van der Waals surface area contributed by atoms with Gasteiger partial charge in [0.2, 0.25) is 0 Å². The molecule has 62 heavy (non-hydrogen) atoms. The van der Waals surface area contributed by atoms with Crippen LogP contribution in [-0.2, 0) is 27.9 Å². The molecular formula is C53H107NO7P+. The quantitative estimate of drug-likeness (QED) is 0.0214. The molecule has 0 aliphatic heterocycles. The van der Waals surface area contributed by atoms with Crippen LogP contribution >= 0.6 is 7.82 Å². The number of carbonyl (C=O) groups excluding carboxylic acids is 1. The zero-order valence-electron chi connectivity index (χ0n) is 42.1. The van der Waals surface area contributed by atoms with Crippen LogP contribution in [0.25, 0.3) is 0 Å². The number of quaternary nitrogens is 1. The van der Waals surface area contributed by atoms with Crippen molar-refractivity contribution in [1.29, 1.82) is 0 Å². The molecule has 2 atom stereocenters. The lowest BCUT2D eigenvalue weighted by molar-refractivity contribution is -0.870. The van der Waals surface area contributed by atoms with Crippen LogP contribution in [0.4, 0.5) is 0 Å². The van der Waals surface area contributed by atoms with E-state index in [0.717, 1.165) is 38.5 Å². The first kappa shape index (κ1) is 61.2. The minimum Gasteiger partial charge on any atom is -0.457 e. The summed E-state index contributed by atoms with van der Waals surface area (Å²) in [5.41, 5.74) is 0. The highest BCUT2D eigenvalue weighted by atomic mass is 31.2. The molecule has 0 aromatic rings. The summed E-state index contributed by atoms with van der Waals surface area (Å²) in [4.78, 5) is 23.0. The van der Waals surface area contributed by atoms with Gasteiger partial charge in [-0.25, -0.2) is 4.57 Å². The van der Waals surface area contributed by atoms with E-state index in [2.05, 4.69) is 26.0 Å². The number of carbonyl (C=O) groups is 1. The maximum Gasteiger partial charge on any atom is 0.472 e. The lowest BCUT2D eigenvalue weighted by Gasteiger charge is -2.24. The minimum absolute atomic E-state index is 0.0906. The first-order valence-corrected chi connectivity index (χ1v) is 28.4. The molecule has 0 bridgehead atoms. The summed E-state index contributed by atoms with van der Waals surface area (Å²) in [5, 5.41) is 0. The standard InChI is InChI=1S/C53H106NO7P/c1-6-8-10-12-14-16-18-20-22-23-24-25-26-27-28-29-30-31-33-35-37-39-41-43-45-48-58-50-52(51-60-62(56,57)59-49-47-54(3,4)5)61-53(55)46-44-42-40-38-36-34-32-21-19-17-15-13-11-9-7-2/h21,32,52H,6-20,22-31,33-51H2,1-5H3/p+1/b32-21-. The van der Waals surface area contributed by atoms with Crippen molar-refractivity contribution in [3.8, 4) is 0 Å². The van der Waals surface area contributed by atoms with Crippen molar-refractivity contribution in [3.05, 3.63) is 12.2 Å². The van der Waals surface area contributed by atoms with Gasteiger partial charge < -0.3 is 18.9 Å². The number of hydrogen-bond acceptors (Lipinski definition) is 6. The first-order chi connectivity index (χ1) is 30.1. The molecule has 0 saturated carbocycles. The summed E-state index contributed by atoms with van der Waals surface area (Å²) in [6.07, 6.45) is 54.1. The Hall–Kier alpha value is -0.760. The molecular weight excluding hydrogens is 794 g/mol. The van der Waals surface area contributed by atoms with E-state index in [1.165, 1.54) is 205 Å². The molecule has 0 aliphatic rings. The van der Waals surface area contributed by atoms with E-state index in [0.29, 0.717) is 24.1 Å². The van der Waals surface area contributed by atoms with E-state index in [4.69, 9.17) is 18.5 Å². The molecule has 0 saturated heterocycles. The molecule has 8 nitrogen and oxygen atoms in total. The van der Waals surface area contributed by atoms with Crippen molar-refractivity contribution < 1.29 is 37.3 Å². The van der Waals surface area contributed by atoms with Crippen molar-refractivity contribution in [2.45, 2.75) is 270 Å². The van der Waals surface area contributed by atoms with Gasteiger partial charge in [0.25, 0.3) is 0 Å². The minimum atomic E-state index is -4.28. The maximum atomic E-state index is 12.7. The van der Waals surface area contributed by atoms with Crippen LogP contribution in [0.15, 0.2) is 12.2 Å². The summed E-state index contributed by atoms with van der Waals surface area (Å²) in [6.45, 7) is 5.67. The third kappa shape index (κ3) is 50.2. The van der Waals surface area contributed by atoms with Crippen molar-refractivity contribution in [3.63, 3.8) is 0 Å². The highest BCUT2D eigenvalue weighted by Gasteiger charge is 2.26. The Balaban J connectivity index is 4.02. The van der Waals surface area contributed by atoms with Gasteiger partial charge in [-0.2, -0.15) is 0 Å². The third-order valence-electron chi connectivity index (χ3n) is 12.1. The van der Waals surface area contributed by atoms with Gasteiger partial charge in [-0.05, 0) is 38.5 Å². The second kappa shape index (κ2) is 46.8. The van der Waals surface area contributed by atoms with Crippen molar-refractivity contribution >= 4 is 13.8 Å². The second-order valence-corrected chi connectivity index (χ2v) is 21.1. The number of likely N-dealkylation sites (N-methyl/N-ethyl adjacent to an activating group) is 1. The topological polar surface area (TPSA) is 91.3 Å². The average molecular weight is 901 g/mol. The molecule has 0 aromatic heterocycles. The summed E-state index contributed by atoms with van der Waals surface area (Å²) >= 11 is 0. The molecule has 9 heteroatoms. The molecule has 0 aliphatic carbocycles. The normalized spacial score (nSPS) is 13.6. The van der Waals surface area contributed by atoms with E-state index >= 15 is 0 Å². The molecule has 1 N–H and O–H groups in total. The Labute approximate surface area is 386 Å². The Bertz CT molecular complexity index is 1000. The van der Waals surface area contributed by atoms with E-state index < -0.39 is 13.9 Å². The summed E-state index contributed by atoms with van der Waals surface area (Å²) < 4.78 is 35.2. The highest BCUT2D eigenvalue weighted by Crippen LogP contribution is 2.43. The number of rotatable bonds is 51. The number of esters is 1. The fourth-order valence-electron chi connectivity index (χ4n) is 7.90. The van der Waals surface area contributed by atoms with E-state index in [9.17, 15) is 14.3 Å². The number of hydrogen-bond donors (Lipinski definition) is 1. The largest absolute Gasteiger partial charge is 0.472 e. The van der Waals surface area contributed by atoms with Gasteiger partial charge in [0.15, 0.2) is 0 Å². The fraction of sp³-hybridized carbons (Fsp3) is 0.943. The number of phosphoric ester groups is 1. The van der Waals surface area contributed by atoms with Crippen LogP contribution in [0, 0.1) is 0 Å². The van der Waals surface area contributed by atoms with E-state index in [1.54, 1.807) is 0 Å². The van der Waals surface area contributed by atoms with E-state index in [-0.39, 0.29) is 25.8 Å². The molecule has 0 amide bonds. The molecule has 0 rings (SSSR count). The molecule has 0 aromatic carbocycles. The molecule has 0 fully saturated rings. The summed E-state index contributed by atoms with van der Waals surface area (Å²) in [6, 6.07) is 0. The lowest BCUT2D eigenvalue weighted by Crippen LogP contribution is -2.37. The van der Waals surface area contributed by atoms with E-state index in [1.807, 2.05) is 21.1 Å². The van der Waals surface area contributed by atoms with Gasteiger partial charge >= 0.3 is 13.8 Å². The highest BCUT2D eigenvalue weighted by molar-refractivity contribution is 7.47. The monoisotopic (exact) mass is 901 g/mol. The van der Waals surface area contributed by atoms with Gasteiger partial charge in [0, 0.05) is 13.0 Å². The van der Waals surface area contributed by atoms with Gasteiger partial charge in [-0.1, -0.05) is 231 Å². The van der Waals surface area contributed by atoms with Crippen molar-refractivity contribution in [2.24, 2.45) is 0 Å². The molecule has 0 heterocycles. The van der Waals surface area contributed by atoms with Crippen LogP contribution in [0.2, 0.25) is 0 Å². The lowest BCUT2D eigenvalue weighted by atomic mass is 10.0. The maximum absolute atomic E-state index is 12.7. The van der Waals surface area contributed by atoms with Crippen LogP contribution in [0.1, 0.15) is 264 Å².